The van der Waals surface area contributed by atoms with E-state index in [-0.39, 0.29) is 17.5 Å². The predicted molar refractivity (Wildman–Crippen MR) is 91.9 cm³/mol. The van der Waals surface area contributed by atoms with E-state index in [1.54, 1.807) is 24.3 Å². The summed E-state index contributed by atoms with van der Waals surface area (Å²) in [4.78, 5) is 28.3. The summed E-state index contributed by atoms with van der Waals surface area (Å²) in [6.45, 7) is 2.41. The number of halogens is 2. The lowest BCUT2D eigenvalue weighted by Gasteiger charge is -2.22. The largest absolute Gasteiger partial charge is 0.348 e. The van der Waals surface area contributed by atoms with Crippen LogP contribution in [-0.4, -0.2) is 34.8 Å². The molecule has 1 N–H and O–H groups in total. The maximum atomic E-state index is 13.8. The molecule has 1 aromatic carbocycles. The van der Waals surface area contributed by atoms with Crippen molar-refractivity contribution in [2.24, 2.45) is 0 Å². The monoisotopic (exact) mass is 359 g/mol. The number of rotatable bonds is 5. The SMILES string of the molecule is CC(NC(=O)C1CCCN1C=O)c1ccc(-c2c(F)cncc2F)cc1. The van der Waals surface area contributed by atoms with E-state index in [2.05, 4.69) is 10.3 Å². The molecule has 0 aliphatic carbocycles. The highest BCUT2D eigenvalue weighted by atomic mass is 19.1. The lowest BCUT2D eigenvalue weighted by Crippen LogP contribution is -2.43. The Kier molecular flexibility index (Phi) is 5.25. The maximum Gasteiger partial charge on any atom is 0.243 e. The van der Waals surface area contributed by atoms with E-state index in [1.807, 2.05) is 6.92 Å². The molecule has 2 heterocycles. The number of nitrogens with zero attached hydrogens (tertiary/aromatic N) is 2. The topological polar surface area (TPSA) is 62.3 Å². The Hall–Kier alpha value is -2.83. The molecule has 1 aliphatic heterocycles. The molecule has 1 fully saturated rings. The Bertz CT molecular complexity index is 791. The summed E-state index contributed by atoms with van der Waals surface area (Å²) < 4.78 is 27.6. The molecule has 0 radical (unpaired) electrons. The predicted octanol–water partition coefficient (Wildman–Crippen LogP) is 2.82. The van der Waals surface area contributed by atoms with Crippen LogP contribution in [0, 0.1) is 11.6 Å². The van der Waals surface area contributed by atoms with Crippen LogP contribution in [-0.2, 0) is 9.59 Å². The molecule has 2 aromatic rings. The Morgan fingerprint density at radius 1 is 1.27 bits per heavy atom. The highest BCUT2D eigenvalue weighted by molar-refractivity contribution is 5.84. The number of aromatic nitrogens is 1. The maximum absolute atomic E-state index is 13.8. The van der Waals surface area contributed by atoms with Crippen LogP contribution in [0.3, 0.4) is 0 Å². The van der Waals surface area contributed by atoms with E-state index in [9.17, 15) is 18.4 Å². The number of nitrogens with one attached hydrogen (secondary N) is 1. The van der Waals surface area contributed by atoms with Crippen molar-refractivity contribution < 1.29 is 18.4 Å². The Morgan fingerprint density at radius 2 is 1.92 bits per heavy atom. The summed E-state index contributed by atoms with van der Waals surface area (Å²) in [6.07, 6.45) is 4.10. The molecule has 1 aromatic heterocycles. The van der Waals surface area contributed by atoms with Gasteiger partial charge in [0.05, 0.1) is 24.0 Å². The zero-order chi connectivity index (χ0) is 18.7. The number of amides is 2. The molecule has 0 saturated carbocycles. The van der Waals surface area contributed by atoms with Gasteiger partial charge in [0.15, 0.2) is 11.6 Å². The Labute approximate surface area is 150 Å². The fraction of sp³-hybridized carbons (Fsp3) is 0.316. The first-order valence-corrected chi connectivity index (χ1v) is 8.42. The molecule has 3 rings (SSSR count). The summed E-state index contributed by atoms with van der Waals surface area (Å²) in [5.41, 5.74) is 1.07. The second kappa shape index (κ2) is 7.59. The minimum absolute atomic E-state index is 0.129. The number of hydrogen-bond donors (Lipinski definition) is 1. The van der Waals surface area contributed by atoms with Crippen molar-refractivity contribution in [3.8, 4) is 11.1 Å². The molecule has 2 unspecified atom stereocenters. The van der Waals surface area contributed by atoms with Gasteiger partial charge in [-0.05, 0) is 30.9 Å². The number of hydrogen-bond acceptors (Lipinski definition) is 3. The smallest absolute Gasteiger partial charge is 0.243 e. The highest BCUT2D eigenvalue weighted by Gasteiger charge is 2.30. The highest BCUT2D eigenvalue weighted by Crippen LogP contribution is 2.26. The first-order chi connectivity index (χ1) is 12.5. The minimum Gasteiger partial charge on any atom is -0.348 e. The van der Waals surface area contributed by atoms with Gasteiger partial charge in [0.2, 0.25) is 12.3 Å². The normalized spacial score (nSPS) is 17.8. The van der Waals surface area contributed by atoms with E-state index in [4.69, 9.17) is 0 Å². The van der Waals surface area contributed by atoms with Gasteiger partial charge in [-0.15, -0.1) is 0 Å². The standard InChI is InChI=1S/C19H19F2N3O2/c1-12(23-19(26)17-3-2-8-24(17)11-25)13-4-6-14(7-5-13)18-15(20)9-22-10-16(18)21/h4-7,9-12,17H,2-3,8H2,1H3,(H,23,26). The van der Waals surface area contributed by atoms with Crippen molar-refractivity contribution in [3.63, 3.8) is 0 Å². The average molecular weight is 359 g/mol. The van der Waals surface area contributed by atoms with E-state index < -0.39 is 17.7 Å². The first-order valence-electron chi connectivity index (χ1n) is 8.42. The van der Waals surface area contributed by atoms with Crippen molar-refractivity contribution in [3.05, 3.63) is 53.9 Å². The van der Waals surface area contributed by atoms with E-state index in [1.165, 1.54) is 4.90 Å². The van der Waals surface area contributed by atoms with Crippen LogP contribution in [0.5, 0.6) is 0 Å². The fourth-order valence-electron chi connectivity index (χ4n) is 3.22. The van der Waals surface area contributed by atoms with E-state index in [0.717, 1.165) is 24.4 Å². The number of carbonyl (C=O) groups excluding carboxylic acids is 2. The second-order valence-corrected chi connectivity index (χ2v) is 6.33. The molecule has 136 valence electrons. The molecule has 5 nitrogen and oxygen atoms in total. The molecule has 26 heavy (non-hydrogen) atoms. The summed E-state index contributed by atoms with van der Waals surface area (Å²) in [6, 6.07) is 5.91. The van der Waals surface area contributed by atoms with Crippen LogP contribution in [0.4, 0.5) is 8.78 Å². The number of benzene rings is 1. The minimum atomic E-state index is -0.728. The van der Waals surface area contributed by atoms with Crippen LogP contribution in [0.2, 0.25) is 0 Å². The third kappa shape index (κ3) is 3.56. The van der Waals surface area contributed by atoms with Crippen LogP contribution in [0.25, 0.3) is 11.1 Å². The summed E-state index contributed by atoms with van der Waals surface area (Å²) in [5.74, 6) is -1.65. The molecule has 1 saturated heterocycles. The van der Waals surface area contributed by atoms with Gasteiger partial charge in [-0.3, -0.25) is 14.6 Å². The van der Waals surface area contributed by atoms with Crippen LogP contribution < -0.4 is 5.32 Å². The number of pyridine rings is 1. The van der Waals surface area contributed by atoms with Gasteiger partial charge in [0.1, 0.15) is 6.04 Å². The zero-order valence-corrected chi connectivity index (χ0v) is 14.3. The van der Waals surface area contributed by atoms with E-state index >= 15 is 0 Å². The molecular formula is C19H19F2N3O2. The quantitative estimate of drug-likeness (QED) is 0.835. The third-order valence-electron chi connectivity index (χ3n) is 4.64. The second-order valence-electron chi connectivity index (χ2n) is 6.33. The number of carbonyl (C=O) groups is 2. The van der Waals surface area contributed by atoms with Gasteiger partial charge < -0.3 is 10.2 Å². The summed E-state index contributed by atoms with van der Waals surface area (Å²) >= 11 is 0. The van der Waals surface area contributed by atoms with Gasteiger partial charge in [0.25, 0.3) is 0 Å². The lowest BCUT2D eigenvalue weighted by atomic mass is 10.0. The third-order valence-corrected chi connectivity index (χ3v) is 4.64. The van der Waals surface area contributed by atoms with Crippen molar-refractivity contribution in [2.75, 3.05) is 6.54 Å². The first kappa shape index (κ1) is 18.0. The van der Waals surface area contributed by atoms with Gasteiger partial charge in [-0.1, -0.05) is 24.3 Å². The van der Waals surface area contributed by atoms with Gasteiger partial charge in [-0.2, -0.15) is 0 Å². The molecule has 1 aliphatic rings. The molecule has 2 atom stereocenters. The molecule has 7 heteroatoms. The molecule has 2 amide bonds. The van der Waals surface area contributed by atoms with Gasteiger partial charge >= 0.3 is 0 Å². The number of likely N-dealkylation sites (tertiary alicyclic amines) is 1. The van der Waals surface area contributed by atoms with Crippen molar-refractivity contribution in [1.29, 1.82) is 0 Å². The van der Waals surface area contributed by atoms with Crippen LogP contribution in [0.1, 0.15) is 31.4 Å². The van der Waals surface area contributed by atoms with Crippen LogP contribution in [0.15, 0.2) is 36.7 Å². The van der Waals surface area contributed by atoms with Crippen molar-refractivity contribution in [2.45, 2.75) is 31.8 Å². The molecular weight excluding hydrogens is 340 g/mol. The van der Waals surface area contributed by atoms with Crippen molar-refractivity contribution in [1.82, 2.24) is 15.2 Å². The zero-order valence-electron chi connectivity index (χ0n) is 14.3. The molecule has 0 bridgehead atoms. The average Bonchev–Trinajstić information content (AvgIpc) is 3.11. The lowest BCUT2D eigenvalue weighted by molar-refractivity contribution is -0.131. The Morgan fingerprint density at radius 3 is 2.54 bits per heavy atom. The summed E-state index contributed by atoms with van der Waals surface area (Å²) in [5, 5.41) is 2.89. The van der Waals surface area contributed by atoms with Crippen molar-refractivity contribution >= 4 is 12.3 Å². The molecule has 0 spiro atoms. The Balaban J connectivity index is 1.72. The van der Waals surface area contributed by atoms with Crippen LogP contribution >= 0.6 is 0 Å². The summed E-state index contributed by atoms with van der Waals surface area (Å²) in [7, 11) is 0. The van der Waals surface area contributed by atoms with Gasteiger partial charge in [0, 0.05) is 6.54 Å². The van der Waals surface area contributed by atoms with Gasteiger partial charge in [-0.25, -0.2) is 8.78 Å². The van der Waals surface area contributed by atoms with E-state index in [0.29, 0.717) is 24.9 Å². The fourth-order valence-corrected chi connectivity index (χ4v) is 3.22.